The largest absolute Gasteiger partial charge is 0.360 e. The molecule has 8 nitrogen and oxygen atoms in total. The van der Waals surface area contributed by atoms with Gasteiger partial charge in [0.1, 0.15) is 11.0 Å². The van der Waals surface area contributed by atoms with Crippen molar-refractivity contribution in [1.82, 2.24) is 20.0 Å². The summed E-state index contributed by atoms with van der Waals surface area (Å²) in [5, 5.41) is 14.8. The number of aromatic nitrogens is 4. The fourth-order valence-electron chi connectivity index (χ4n) is 2.76. The van der Waals surface area contributed by atoms with Crippen LogP contribution < -0.4 is 11.2 Å². The lowest BCUT2D eigenvalue weighted by Gasteiger charge is -2.15. The Morgan fingerprint density at radius 3 is 2.45 bits per heavy atom. The molecule has 0 bridgehead atoms. The van der Waals surface area contributed by atoms with Gasteiger partial charge in [0.15, 0.2) is 11.6 Å². The van der Waals surface area contributed by atoms with Crippen molar-refractivity contribution in [2.24, 2.45) is 0 Å². The summed E-state index contributed by atoms with van der Waals surface area (Å²) >= 11 is 1.21. The van der Waals surface area contributed by atoms with Gasteiger partial charge in [-0.2, -0.15) is 0 Å². The predicted octanol–water partition coefficient (Wildman–Crippen LogP) is 3.43. The molecule has 0 aliphatic heterocycles. The third-order valence-electron chi connectivity index (χ3n) is 4.14. The van der Waals surface area contributed by atoms with Crippen LogP contribution in [-0.2, 0) is 4.79 Å². The zero-order valence-corrected chi connectivity index (χ0v) is 16.3. The van der Waals surface area contributed by atoms with Gasteiger partial charge >= 0.3 is 0 Å². The van der Waals surface area contributed by atoms with Gasteiger partial charge in [0.05, 0.1) is 0 Å². The average Bonchev–Trinajstić information content (AvgIpc) is 3.32. The maximum absolute atomic E-state index is 13.0. The number of nitrogens with two attached hydrogens (primary N) is 1. The molecule has 1 unspecified atom stereocenters. The van der Waals surface area contributed by atoms with Crippen molar-refractivity contribution in [2.75, 3.05) is 11.2 Å². The van der Waals surface area contributed by atoms with Gasteiger partial charge in [-0.05, 0) is 12.5 Å². The van der Waals surface area contributed by atoms with E-state index in [1.54, 1.807) is 13.0 Å². The van der Waals surface area contributed by atoms with Crippen LogP contribution in [0.25, 0.3) is 11.4 Å². The van der Waals surface area contributed by atoms with E-state index in [1.807, 2.05) is 60.7 Å². The Balaban J connectivity index is 1.62. The van der Waals surface area contributed by atoms with Crippen LogP contribution in [0.4, 0.5) is 5.82 Å². The molecule has 1 amide bonds. The summed E-state index contributed by atoms with van der Waals surface area (Å²) in [6, 6.07) is 20.6. The zero-order chi connectivity index (χ0) is 20.2. The molecule has 2 aromatic carbocycles. The van der Waals surface area contributed by atoms with Gasteiger partial charge in [0.2, 0.25) is 11.1 Å². The molecule has 9 heteroatoms. The van der Waals surface area contributed by atoms with Crippen LogP contribution in [0.2, 0.25) is 0 Å². The van der Waals surface area contributed by atoms with E-state index < -0.39 is 5.25 Å². The quantitative estimate of drug-likeness (QED) is 0.373. The van der Waals surface area contributed by atoms with Crippen LogP contribution in [0.3, 0.4) is 0 Å². The highest BCUT2D eigenvalue weighted by molar-refractivity contribution is 8.00. The van der Waals surface area contributed by atoms with Crippen LogP contribution in [0, 0.1) is 6.92 Å². The number of hydrogen-bond acceptors (Lipinski definition) is 7. The Morgan fingerprint density at radius 1 is 1.10 bits per heavy atom. The third-order valence-corrected chi connectivity index (χ3v) is 5.35. The molecule has 4 aromatic rings. The number of rotatable bonds is 6. The second-order valence-corrected chi connectivity index (χ2v) is 7.34. The number of carbonyl (C=O) groups is 1. The first-order valence-electron chi connectivity index (χ1n) is 8.83. The number of nitrogen functional groups attached to an aromatic ring is 1. The van der Waals surface area contributed by atoms with Crippen molar-refractivity contribution in [3.63, 3.8) is 0 Å². The van der Waals surface area contributed by atoms with Crippen LogP contribution in [0.1, 0.15) is 16.6 Å². The maximum atomic E-state index is 13.0. The maximum Gasteiger partial charge on any atom is 0.243 e. The van der Waals surface area contributed by atoms with Crippen LogP contribution in [0.15, 0.2) is 76.4 Å². The number of aryl methyl sites for hydroxylation is 1. The SMILES string of the molecule is Cc1cc(NC(=O)C(Sc2nnc(-c3ccccc3)n2N)c2ccccc2)no1. The van der Waals surface area contributed by atoms with E-state index in [0.717, 1.165) is 11.1 Å². The molecular formula is C20H18N6O2S. The molecule has 4 rings (SSSR count). The summed E-state index contributed by atoms with van der Waals surface area (Å²) < 4.78 is 6.41. The summed E-state index contributed by atoms with van der Waals surface area (Å²) in [4.78, 5) is 13.0. The fourth-order valence-corrected chi connectivity index (χ4v) is 3.72. The van der Waals surface area contributed by atoms with Crippen molar-refractivity contribution in [3.05, 3.63) is 78.1 Å². The van der Waals surface area contributed by atoms with E-state index in [4.69, 9.17) is 10.4 Å². The van der Waals surface area contributed by atoms with Gasteiger partial charge in [-0.3, -0.25) is 4.79 Å². The van der Waals surface area contributed by atoms with Crippen molar-refractivity contribution in [3.8, 4) is 11.4 Å². The summed E-state index contributed by atoms with van der Waals surface area (Å²) in [6.07, 6.45) is 0. The van der Waals surface area contributed by atoms with E-state index in [1.165, 1.54) is 16.4 Å². The van der Waals surface area contributed by atoms with E-state index in [-0.39, 0.29) is 5.91 Å². The lowest BCUT2D eigenvalue weighted by Crippen LogP contribution is -2.20. The standard InChI is InChI=1S/C20H18N6O2S/c1-13-12-16(25-28-13)22-19(27)17(14-8-4-2-5-9-14)29-20-24-23-18(26(20)21)15-10-6-3-7-11-15/h2-12,17H,21H2,1H3,(H,22,25,27). The molecule has 0 saturated heterocycles. The van der Waals surface area contributed by atoms with Crippen molar-refractivity contribution >= 4 is 23.5 Å². The van der Waals surface area contributed by atoms with E-state index in [9.17, 15) is 4.79 Å². The van der Waals surface area contributed by atoms with E-state index >= 15 is 0 Å². The highest BCUT2D eigenvalue weighted by Crippen LogP contribution is 2.35. The van der Waals surface area contributed by atoms with E-state index in [0.29, 0.717) is 22.6 Å². The molecule has 2 aromatic heterocycles. The number of carbonyl (C=O) groups excluding carboxylic acids is 1. The Bertz CT molecular complexity index is 1110. The first kappa shape index (κ1) is 18.8. The fraction of sp³-hybridized carbons (Fsp3) is 0.100. The van der Waals surface area contributed by atoms with Crippen LogP contribution in [0.5, 0.6) is 0 Å². The number of anilines is 1. The number of amides is 1. The minimum absolute atomic E-state index is 0.265. The summed E-state index contributed by atoms with van der Waals surface area (Å²) in [5.41, 5.74) is 1.65. The predicted molar refractivity (Wildman–Crippen MR) is 111 cm³/mol. The molecule has 0 aliphatic rings. The van der Waals surface area contributed by atoms with Gasteiger partial charge < -0.3 is 15.7 Å². The number of nitrogens with one attached hydrogen (secondary N) is 1. The molecule has 146 valence electrons. The van der Waals surface area contributed by atoms with Crippen molar-refractivity contribution < 1.29 is 9.32 Å². The zero-order valence-electron chi connectivity index (χ0n) is 15.5. The van der Waals surface area contributed by atoms with Gasteiger partial charge in [0, 0.05) is 11.6 Å². The molecule has 0 radical (unpaired) electrons. The molecule has 1 atom stereocenters. The normalized spacial score (nSPS) is 11.9. The Morgan fingerprint density at radius 2 is 1.79 bits per heavy atom. The van der Waals surface area contributed by atoms with Crippen LogP contribution >= 0.6 is 11.8 Å². The van der Waals surface area contributed by atoms with Gasteiger partial charge in [-0.25, -0.2) is 4.68 Å². The minimum atomic E-state index is -0.608. The summed E-state index contributed by atoms with van der Waals surface area (Å²) in [6.45, 7) is 1.76. The Labute approximate surface area is 171 Å². The van der Waals surface area contributed by atoms with Crippen molar-refractivity contribution in [1.29, 1.82) is 0 Å². The average molecular weight is 406 g/mol. The molecule has 0 spiro atoms. The second kappa shape index (κ2) is 8.19. The van der Waals surface area contributed by atoms with Crippen LogP contribution in [-0.4, -0.2) is 25.9 Å². The lowest BCUT2D eigenvalue weighted by molar-refractivity contribution is -0.115. The number of thioether (sulfide) groups is 1. The molecule has 2 heterocycles. The smallest absolute Gasteiger partial charge is 0.243 e. The molecule has 29 heavy (non-hydrogen) atoms. The first-order chi connectivity index (χ1) is 14.1. The molecule has 3 N–H and O–H groups in total. The number of benzene rings is 2. The highest BCUT2D eigenvalue weighted by Gasteiger charge is 2.26. The molecule has 0 fully saturated rings. The molecule has 0 saturated carbocycles. The number of hydrogen-bond donors (Lipinski definition) is 2. The third kappa shape index (κ3) is 4.14. The first-order valence-corrected chi connectivity index (χ1v) is 9.71. The van der Waals surface area contributed by atoms with E-state index in [2.05, 4.69) is 20.7 Å². The topological polar surface area (TPSA) is 112 Å². The second-order valence-electron chi connectivity index (χ2n) is 6.26. The monoisotopic (exact) mass is 406 g/mol. The lowest BCUT2D eigenvalue weighted by atomic mass is 10.1. The van der Waals surface area contributed by atoms with Gasteiger partial charge in [-0.15, -0.1) is 10.2 Å². The summed E-state index contributed by atoms with van der Waals surface area (Å²) in [7, 11) is 0. The Hall–Kier alpha value is -3.59. The summed E-state index contributed by atoms with van der Waals surface area (Å²) in [5.74, 6) is 7.45. The van der Waals surface area contributed by atoms with Gasteiger partial charge in [0.25, 0.3) is 0 Å². The highest BCUT2D eigenvalue weighted by atomic mass is 32.2. The Kier molecular flexibility index (Phi) is 5.30. The molecule has 0 aliphatic carbocycles. The molecular weight excluding hydrogens is 388 g/mol. The van der Waals surface area contributed by atoms with Crippen molar-refractivity contribution in [2.45, 2.75) is 17.3 Å². The van der Waals surface area contributed by atoms with Gasteiger partial charge in [-0.1, -0.05) is 77.6 Å². The number of nitrogens with zero attached hydrogens (tertiary/aromatic N) is 4. The minimum Gasteiger partial charge on any atom is -0.360 e.